The summed E-state index contributed by atoms with van der Waals surface area (Å²) >= 11 is 0. The van der Waals surface area contributed by atoms with Crippen molar-refractivity contribution in [2.75, 3.05) is 50.1 Å². The fourth-order valence-corrected chi connectivity index (χ4v) is 8.94. The number of nitrogens with zero attached hydrogens (tertiary/aromatic N) is 5. The van der Waals surface area contributed by atoms with Crippen molar-refractivity contribution in [2.45, 2.75) is 122 Å². The molecule has 1 aromatic carbocycles. The second-order valence-electron chi connectivity index (χ2n) is 18.1. The first kappa shape index (κ1) is 42.4. The smallest absolute Gasteiger partial charge is 0.472 e. The lowest BCUT2D eigenvalue weighted by molar-refractivity contribution is -0.275. The normalized spacial score (nSPS) is 23.3. The third-order valence-corrected chi connectivity index (χ3v) is 11.2. The molecule has 13 nitrogen and oxygen atoms in total. The van der Waals surface area contributed by atoms with Gasteiger partial charge in [0.25, 0.3) is 0 Å². The number of alkyl halides is 3. The molecule has 7 rings (SSSR count). The molecule has 2 aromatic heterocycles. The van der Waals surface area contributed by atoms with Crippen LogP contribution < -0.4 is 19.7 Å². The molecule has 3 fully saturated rings. The summed E-state index contributed by atoms with van der Waals surface area (Å²) in [5, 5.41) is 2.48. The number of carbonyl (C=O) groups is 2. The van der Waals surface area contributed by atoms with Gasteiger partial charge < -0.3 is 28.6 Å². The number of carbonyl (C=O) groups excluding carboxylic acids is 2. The maximum atomic E-state index is 17.7. The zero-order valence-electron chi connectivity index (χ0n) is 34.9. The van der Waals surface area contributed by atoms with Gasteiger partial charge >= 0.3 is 18.5 Å². The Hall–Kier alpha value is -4.71. The third kappa shape index (κ3) is 8.13. The van der Waals surface area contributed by atoms with Gasteiger partial charge in [0.2, 0.25) is 5.88 Å². The number of hydrogen-bond donors (Lipinski definition) is 1. The van der Waals surface area contributed by atoms with Crippen LogP contribution in [0.4, 0.5) is 43.0 Å². The van der Waals surface area contributed by atoms with Crippen LogP contribution in [-0.2, 0) is 14.2 Å². The van der Waals surface area contributed by atoms with Crippen molar-refractivity contribution < 1.29 is 55.2 Å². The molecule has 4 atom stereocenters. The maximum absolute atomic E-state index is 17.7. The summed E-state index contributed by atoms with van der Waals surface area (Å²) in [7, 11) is 1.61. The number of ether oxygens (including phenoxy) is 5. The molecule has 4 aliphatic heterocycles. The molecule has 18 heteroatoms. The largest absolute Gasteiger partial charge is 0.573 e. The minimum atomic E-state index is -5.39. The summed E-state index contributed by atoms with van der Waals surface area (Å²) in [6, 6.07) is 0.594. The highest BCUT2D eigenvalue weighted by atomic mass is 19.4. The highest BCUT2D eigenvalue weighted by molar-refractivity contribution is 6.02. The van der Waals surface area contributed by atoms with E-state index in [4.69, 9.17) is 23.9 Å². The molecule has 4 aliphatic rings. The molecule has 6 heterocycles. The molecule has 2 bridgehead atoms. The van der Waals surface area contributed by atoms with Gasteiger partial charge in [0, 0.05) is 56.3 Å². The fraction of sp³-hybridized carbons (Fsp3) is 0.610. The van der Waals surface area contributed by atoms with E-state index in [1.807, 2.05) is 6.92 Å². The van der Waals surface area contributed by atoms with Crippen molar-refractivity contribution in [3.8, 4) is 22.9 Å². The maximum Gasteiger partial charge on any atom is 0.573 e. The van der Waals surface area contributed by atoms with Gasteiger partial charge in [0.15, 0.2) is 17.4 Å². The van der Waals surface area contributed by atoms with E-state index in [1.54, 1.807) is 67.4 Å². The van der Waals surface area contributed by atoms with Crippen molar-refractivity contribution in [1.82, 2.24) is 19.8 Å². The number of aryl methyl sites for hydroxylation is 1. The highest BCUT2D eigenvalue weighted by Crippen LogP contribution is 2.52. The first-order valence-corrected chi connectivity index (χ1v) is 19.7. The highest BCUT2D eigenvalue weighted by Gasteiger charge is 2.59. The lowest BCUT2D eigenvalue weighted by Gasteiger charge is -2.52. The quantitative estimate of drug-likeness (QED) is 0.231. The molecule has 322 valence electrons. The Morgan fingerprint density at radius 1 is 1.02 bits per heavy atom. The summed E-state index contributed by atoms with van der Waals surface area (Å²) in [6.07, 6.45) is -6.39. The first-order valence-electron chi connectivity index (χ1n) is 19.7. The second-order valence-corrected chi connectivity index (χ2v) is 18.1. The summed E-state index contributed by atoms with van der Waals surface area (Å²) in [4.78, 5) is 42.3. The molecule has 0 radical (unpaired) electrons. The molecular weight excluding hydrogens is 783 g/mol. The summed E-state index contributed by atoms with van der Waals surface area (Å²) < 4.78 is 102. The Morgan fingerprint density at radius 3 is 2.32 bits per heavy atom. The lowest BCUT2D eigenvalue weighted by Crippen LogP contribution is -2.69. The molecule has 59 heavy (non-hydrogen) atoms. The minimum absolute atomic E-state index is 0.0239. The van der Waals surface area contributed by atoms with Crippen LogP contribution in [0, 0.1) is 18.6 Å². The number of anilines is 2. The van der Waals surface area contributed by atoms with Crippen molar-refractivity contribution in [3.63, 3.8) is 0 Å². The SMILES string of the molecule is COCCN1CC(c2nc3c4c(nc(-c5cc(NC(=O)OC(C)(C)C)cc(F)c5OC(F)(F)F)c(F)c4c2C)O[C@@H](C)[C@@H]2[C@@H]4CC[C@](C)(CN32)N4C(=O)OC(C)(C)C)C1. The average molecular weight is 835 g/mol. The minimum Gasteiger partial charge on any atom is -0.472 e. The number of amides is 2. The number of aromatic nitrogens is 2. The Balaban J connectivity index is 1.44. The molecule has 2 amide bonds. The van der Waals surface area contributed by atoms with Gasteiger partial charge in [-0.1, -0.05) is 0 Å². The van der Waals surface area contributed by atoms with Crippen LogP contribution in [0.3, 0.4) is 0 Å². The summed E-state index contributed by atoms with van der Waals surface area (Å²) in [5.74, 6) is -3.92. The van der Waals surface area contributed by atoms with E-state index in [9.17, 15) is 22.8 Å². The predicted octanol–water partition coefficient (Wildman–Crippen LogP) is 8.30. The number of halogens is 5. The van der Waals surface area contributed by atoms with Crippen molar-refractivity contribution in [2.24, 2.45) is 0 Å². The van der Waals surface area contributed by atoms with Crippen molar-refractivity contribution >= 4 is 34.5 Å². The van der Waals surface area contributed by atoms with Crippen LogP contribution >= 0.6 is 0 Å². The molecule has 0 spiro atoms. The number of hydrogen-bond acceptors (Lipinski definition) is 11. The van der Waals surface area contributed by atoms with E-state index in [2.05, 4.69) is 24.8 Å². The average Bonchev–Trinajstić information content (AvgIpc) is 3.25. The lowest BCUT2D eigenvalue weighted by atomic mass is 9.89. The van der Waals surface area contributed by atoms with E-state index < -0.39 is 82.1 Å². The molecule has 3 aromatic rings. The van der Waals surface area contributed by atoms with Gasteiger partial charge in [-0.15, -0.1) is 13.2 Å². The third-order valence-electron chi connectivity index (χ3n) is 11.2. The Bertz CT molecular complexity index is 2170. The number of nitrogens with one attached hydrogen (secondary N) is 1. The Kier molecular flexibility index (Phi) is 10.6. The van der Waals surface area contributed by atoms with Gasteiger partial charge in [-0.05, 0) is 86.8 Å². The fourth-order valence-electron chi connectivity index (χ4n) is 8.94. The molecule has 0 unspecified atom stereocenters. The number of fused-ring (bicyclic) bond motifs is 5. The topological polar surface area (TPSA) is 128 Å². The van der Waals surface area contributed by atoms with Crippen molar-refractivity contribution in [1.29, 1.82) is 0 Å². The standard InChI is InChI=1S/C41H51F5N6O7/c1-20-27-28-34(48-30(20)22-17-50(18-22)13-14-55-10)51-19-40(9)12-11-26(52(40)37(54)59-39(6,7)8)32(51)21(2)56-35(28)49-31(29(27)43)24-15-23(47-36(53)58-38(3,4)5)16-25(42)33(24)57-41(44,45)46/h15-16,21-22,26,32H,11-14,17-19H2,1-10H3,(H,47,53)/t21-,26-,32+,40+/m0/s1. The molecule has 3 saturated heterocycles. The molecule has 0 saturated carbocycles. The number of likely N-dealkylation sites (tertiary alicyclic amines) is 1. The van der Waals surface area contributed by atoms with Crippen LogP contribution in [0.5, 0.6) is 11.6 Å². The summed E-state index contributed by atoms with van der Waals surface area (Å²) in [5.41, 5.74) is -3.27. The first-order chi connectivity index (χ1) is 27.4. The second kappa shape index (κ2) is 14.8. The van der Waals surface area contributed by atoms with Gasteiger partial charge in [-0.3, -0.25) is 15.1 Å². The zero-order valence-corrected chi connectivity index (χ0v) is 34.9. The van der Waals surface area contributed by atoms with Gasteiger partial charge in [0.05, 0.1) is 40.9 Å². The number of methoxy groups -OCH3 is 1. The van der Waals surface area contributed by atoms with Gasteiger partial charge in [0.1, 0.15) is 28.8 Å². The van der Waals surface area contributed by atoms with Crippen LogP contribution in [0.15, 0.2) is 12.1 Å². The van der Waals surface area contributed by atoms with E-state index in [0.717, 1.165) is 6.07 Å². The van der Waals surface area contributed by atoms with Crippen LogP contribution in [-0.4, -0.2) is 113 Å². The molecule has 1 N–H and O–H groups in total. The van der Waals surface area contributed by atoms with E-state index in [0.29, 0.717) is 62.2 Å². The molecule has 0 aliphatic carbocycles. The van der Waals surface area contributed by atoms with Crippen molar-refractivity contribution in [3.05, 3.63) is 35.0 Å². The van der Waals surface area contributed by atoms with Gasteiger partial charge in [-0.2, -0.15) is 0 Å². The van der Waals surface area contributed by atoms with E-state index >= 15 is 8.78 Å². The van der Waals surface area contributed by atoms with Gasteiger partial charge in [-0.25, -0.2) is 28.3 Å². The van der Waals surface area contributed by atoms with Crippen LogP contribution in [0.2, 0.25) is 0 Å². The predicted molar refractivity (Wildman–Crippen MR) is 208 cm³/mol. The Morgan fingerprint density at radius 2 is 1.69 bits per heavy atom. The number of benzene rings is 1. The molecular formula is C41H51F5N6O7. The zero-order chi connectivity index (χ0) is 43.1. The number of piperazine rings is 1. The number of rotatable bonds is 7. The van der Waals surface area contributed by atoms with E-state index in [-0.39, 0.29) is 34.8 Å². The van der Waals surface area contributed by atoms with E-state index in [1.165, 1.54) is 0 Å². The van der Waals surface area contributed by atoms with Crippen LogP contribution in [0.25, 0.3) is 22.0 Å². The Labute approximate surface area is 339 Å². The summed E-state index contributed by atoms with van der Waals surface area (Å²) in [6.45, 7) is 18.2. The van der Waals surface area contributed by atoms with Crippen LogP contribution in [0.1, 0.15) is 85.4 Å². The number of pyridine rings is 2. The monoisotopic (exact) mass is 834 g/mol.